The van der Waals surface area contributed by atoms with E-state index < -0.39 is 5.97 Å². The van der Waals surface area contributed by atoms with Crippen molar-refractivity contribution in [3.8, 4) is 0 Å². The first-order valence-corrected chi connectivity index (χ1v) is 9.43. The zero-order chi connectivity index (χ0) is 15.7. The molecule has 0 spiro atoms. The van der Waals surface area contributed by atoms with Gasteiger partial charge in [-0.2, -0.15) is 11.8 Å². The SMILES string of the molecule is CSCC(C)C(=O)NC(CCC(=O)O)CC1CCCCC1. The Hall–Kier alpha value is -0.710. The molecule has 0 bridgehead atoms. The van der Waals surface area contributed by atoms with Crippen molar-refractivity contribution in [3.05, 3.63) is 0 Å². The van der Waals surface area contributed by atoms with E-state index in [1.165, 1.54) is 32.1 Å². The molecule has 1 aliphatic rings. The van der Waals surface area contributed by atoms with Gasteiger partial charge in [-0.1, -0.05) is 39.0 Å². The highest BCUT2D eigenvalue weighted by Crippen LogP contribution is 2.28. The van der Waals surface area contributed by atoms with Crippen molar-refractivity contribution in [2.75, 3.05) is 12.0 Å². The highest BCUT2D eigenvalue weighted by Gasteiger charge is 2.22. The fraction of sp³-hybridized carbons (Fsp3) is 0.875. The molecule has 2 unspecified atom stereocenters. The normalized spacial score (nSPS) is 19.0. The van der Waals surface area contributed by atoms with Crippen molar-refractivity contribution in [1.29, 1.82) is 0 Å². The molecule has 1 aliphatic carbocycles. The number of carbonyl (C=O) groups is 2. The van der Waals surface area contributed by atoms with E-state index in [0.29, 0.717) is 12.3 Å². The second-order valence-electron chi connectivity index (χ2n) is 6.23. The minimum absolute atomic E-state index is 0.0148. The van der Waals surface area contributed by atoms with Crippen molar-refractivity contribution in [1.82, 2.24) is 5.32 Å². The van der Waals surface area contributed by atoms with Gasteiger partial charge in [-0.05, 0) is 25.0 Å². The third-order valence-electron chi connectivity index (χ3n) is 4.26. The van der Waals surface area contributed by atoms with Crippen LogP contribution in [-0.4, -0.2) is 35.0 Å². The van der Waals surface area contributed by atoms with Crippen LogP contribution in [0.25, 0.3) is 0 Å². The van der Waals surface area contributed by atoms with Gasteiger partial charge in [0.2, 0.25) is 5.91 Å². The lowest BCUT2D eigenvalue weighted by atomic mass is 9.84. The Morgan fingerprint density at radius 1 is 1.29 bits per heavy atom. The molecule has 0 aliphatic heterocycles. The predicted molar refractivity (Wildman–Crippen MR) is 87.5 cm³/mol. The molecule has 0 radical (unpaired) electrons. The van der Waals surface area contributed by atoms with Gasteiger partial charge in [-0.3, -0.25) is 9.59 Å². The molecular formula is C16H29NO3S. The minimum atomic E-state index is -0.782. The van der Waals surface area contributed by atoms with Gasteiger partial charge in [-0.15, -0.1) is 0 Å². The minimum Gasteiger partial charge on any atom is -0.481 e. The average molecular weight is 315 g/mol. The number of hydrogen-bond donors (Lipinski definition) is 2. The standard InChI is InChI=1S/C16H29NO3S/c1-12(11-21-2)16(20)17-14(8-9-15(18)19)10-13-6-4-3-5-7-13/h12-14H,3-11H2,1-2H3,(H,17,20)(H,18,19). The van der Waals surface area contributed by atoms with E-state index in [0.717, 1.165) is 12.2 Å². The van der Waals surface area contributed by atoms with Crippen molar-refractivity contribution in [2.45, 2.75) is 64.3 Å². The van der Waals surface area contributed by atoms with Gasteiger partial charge in [0.1, 0.15) is 0 Å². The Morgan fingerprint density at radius 3 is 2.52 bits per heavy atom. The molecule has 0 aromatic carbocycles. The van der Waals surface area contributed by atoms with Gasteiger partial charge in [0.05, 0.1) is 0 Å². The molecule has 4 nitrogen and oxygen atoms in total. The molecule has 0 aromatic rings. The molecule has 5 heteroatoms. The second-order valence-corrected chi connectivity index (χ2v) is 7.14. The molecule has 1 saturated carbocycles. The first-order valence-electron chi connectivity index (χ1n) is 8.04. The summed E-state index contributed by atoms with van der Waals surface area (Å²) in [5.74, 6) is 0.721. The summed E-state index contributed by atoms with van der Waals surface area (Å²) in [6.45, 7) is 1.93. The van der Waals surface area contributed by atoms with Crippen molar-refractivity contribution >= 4 is 23.6 Å². The highest BCUT2D eigenvalue weighted by atomic mass is 32.2. The molecule has 21 heavy (non-hydrogen) atoms. The summed E-state index contributed by atoms with van der Waals surface area (Å²) in [6, 6.07) is 0.0148. The van der Waals surface area contributed by atoms with E-state index in [9.17, 15) is 9.59 Å². The predicted octanol–water partition coefficient (Wildman–Crippen LogP) is 3.31. The van der Waals surface area contributed by atoms with Gasteiger partial charge < -0.3 is 10.4 Å². The number of amides is 1. The first-order chi connectivity index (χ1) is 10.0. The largest absolute Gasteiger partial charge is 0.481 e. The average Bonchev–Trinajstić information content (AvgIpc) is 2.46. The zero-order valence-corrected chi connectivity index (χ0v) is 14.1. The van der Waals surface area contributed by atoms with Crippen LogP contribution in [0.5, 0.6) is 0 Å². The third kappa shape index (κ3) is 7.74. The third-order valence-corrected chi connectivity index (χ3v) is 5.09. The van der Waals surface area contributed by atoms with Crippen molar-refractivity contribution in [2.24, 2.45) is 11.8 Å². The summed E-state index contributed by atoms with van der Waals surface area (Å²) in [4.78, 5) is 23.0. The van der Waals surface area contributed by atoms with E-state index in [-0.39, 0.29) is 24.3 Å². The van der Waals surface area contributed by atoms with Gasteiger partial charge >= 0.3 is 5.97 Å². The zero-order valence-electron chi connectivity index (χ0n) is 13.3. The molecule has 1 fully saturated rings. The summed E-state index contributed by atoms with van der Waals surface area (Å²) < 4.78 is 0. The first kappa shape index (κ1) is 18.3. The molecular weight excluding hydrogens is 286 g/mol. The second kappa shape index (κ2) is 10.1. The fourth-order valence-corrected chi connectivity index (χ4v) is 3.69. The molecule has 2 N–H and O–H groups in total. The number of rotatable bonds is 9. The molecule has 122 valence electrons. The van der Waals surface area contributed by atoms with E-state index in [1.54, 1.807) is 11.8 Å². The van der Waals surface area contributed by atoms with Crippen LogP contribution in [0, 0.1) is 11.8 Å². The quantitative estimate of drug-likeness (QED) is 0.685. The number of carboxylic acids is 1. The Bertz CT molecular complexity index is 329. The van der Waals surface area contributed by atoms with Crippen LogP contribution in [0.1, 0.15) is 58.3 Å². The van der Waals surface area contributed by atoms with Gasteiger partial charge in [0.15, 0.2) is 0 Å². The number of hydrogen-bond acceptors (Lipinski definition) is 3. The Kier molecular flexibility index (Phi) is 8.81. The molecule has 0 saturated heterocycles. The van der Waals surface area contributed by atoms with E-state index >= 15 is 0 Å². The molecule has 1 rings (SSSR count). The van der Waals surface area contributed by atoms with Gasteiger partial charge in [0, 0.05) is 24.1 Å². The van der Waals surface area contributed by atoms with Crippen LogP contribution < -0.4 is 5.32 Å². The molecule has 2 atom stereocenters. The summed E-state index contributed by atoms with van der Waals surface area (Å²) in [6.07, 6.45) is 9.91. The monoisotopic (exact) mass is 315 g/mol. The van der Waals surface area contributed by atoms with E-state index in [4.69, 9.17) is 5.11 Å². The molecule has 0 aromatic heterocycles. The summed E-state index contributed by atoms with van der Waals surface area (Å²) in [7, 11) is 0. The van der Waals surface area contributed by atoms with Crippen molar-refractivity contribution in [3.63, 3.8) is 0 Å². The molecule has 0 heterocycles. The van der Waals surface area contributed by atoms with Crippen LogP contribution in [-0.2, 0) is 9.59 Å². The molecule has 1 amide bonds. The van der Waals surface area contributed by atoms with Crippen LogP contribution in [0.4, 0.5) is 0 Å². The lowest BCUT2D eigenvalue weighted by molar-refractivity contribution is -0.137. The van der Waals surface area contributed by atoms with E-state index in [2.05, 4.69) is 5.32 Å². The summed E-state index contributed by atoms with van der Waals surface area (Å²) in [5.41, 5.74) is 0. The van der Waals surface area contributed by atoms with Crippen molar-refractivity contribution < 1.29 is 14.7 Å². The number of nitrogens with one attached hydrogen (secondary N) is 1. The van der Waals surface area contributed by atoms with Gasteiger partial charge in [0.25, 0.3) is 0 Å². The summed E-state index contributed by atoms with van der Waals surface area (Å²) >= 11 is 1.66. The maximum Gasteiger partial charge on any atom is 0.303 e. The Morgan fingerprint density at radius 2 is 1.95 bits per heavy atom. The maximum atomic E-state index is 12.2. The topological polar surface area (TPSA) is 66.4 Å². The fourth-order valence-electron chi connectivity index (χ4n) is 3.04. The van der Waals surface area contributed by atoms with Crippen LogP contribution in [0.15, 0.2) is 0 Å². The highest BCUT2D eigenvalue weighted by molar-refractivity contribution is 7.98. The lowest BCUT2D eigenvalue weighted by Gasteiger charge is -2.27. The lowest BCUT2D eigenvalue weighted by Crippen LogP contribution is -2.40. The van der Waals surface area contributed by atoms with Crippen LogP contribution >= 0.6 is 11.8 Å². The van der Waals surface area contributed by atoms with Crippen LogP contribution in [0.2, 0.25) is 0 Å². The van der Waals surface area contributed by atoms with Crippen LogP contribution in [0.3, 0.4) is 0 Å². The Balaban J connectivity index is 2.49. The maximum absolute atomic E-state index is 12.2. The number of thioether (sulfide) groups is 1. The van der Waals surface area contributed by atoms with E-state index in [1.807, 2.05) is 13.2 Å². The smallest absolute Gasteiger partial charge is 0.303 e. The Labute approximate surface area is 132 Å². The number of carbonyl (C=O) groups excluding carboxylic acids is 1. The van der Waals surface area contributed by atoms with Gasteiger partial charge in [-0.25, -0.2) is 0 Å². The number of carboxylic acid groups (broad SMARTS) is 1. The number of aliphatic carboxylic acids is 1. The summed E-state index contributed by atoms with van der Waals surface area (Å²) in [5, 5.41) is 12.0.